The average Bonchev–Trinajstić information content (AvgIpc) is 2.03. The smallest absolute Gasteiger partial charge is 0.119 e. The van der Waals surface area contributed by atoms with Gasteiger partial charge in [0.1, 0.15) is 5.72 Å². The first-order valence-corrected chi connectivity index (χ1v) is 5.57. The highest BCUT2D eigenvalue weighted by atomic mass is 16.5. The van der Waals surface area contributed by atoms with Crippen molar-refractivity contribution in [1.82, 2.24) is 5.32 Å². The van der Waals surface area contributed by atoms with Gasteiger partial charge >= 0.3 is 0 Å². The van der Waals surface area contributed by atoms with Crippen LogP contribution in [0.15, 0.2) is 0 Å². The Morgan fingerprint density at radius 2 is 1.69 bits per heavy atom. The molecule has 0 aromatic carbocycles. The summed E-state index contributed by atoms with van der Waals surface area (Å²) in [6.07, 6.45) is 7.57. The van der Waals surface area contributed by atoms with E-state index < -0.39 is 0 Å². The molecule has 0 amide bonds. The summed E-state index contributed by atoms with van der Waals surface area (Å²) in [5, 5.41) is 3.57. The Hall–Kier alpha value is -0.0800. The van der Waals surface area contributed by atoms with E-state index in [0.717, 1.165) is 13.0 Å². The molecule has 0 atom stereocenters. The van der Waals surface area contributed by atoms with E-state index in [-0.39, 0.29) is 11.3 Å². The van der Waals surface area contributed by atoms with Crippen molar-refractivity contribution < 1.29 is 4.74 Å². The van der Waals surface area contributed by atoms with Crippen molar-refractivity contribution in [2.24, 2.45) is 0 Å². The Kier molecular flexibility index (Phi) is 2.37. The molecule has 1 aliphatic carbocycles. The van der Waals surface area contributed by atoms with Gasteiger partial charge in [-0.15, -0.1) is 0 Å². The van der Waals surface area contributed by atoms with Gasteiger partial charge in [-0.1, -0.05) is 6.42 Å². The summed E-state index contributed by atoms with van der Waals surface area (Å²) in [5.74, 6) is 0. The minimum Gasteiger partial charge on any atom is -0.355 e. The summed E-state index contributed by atoms with van der Waals surface area (Å²) in [5.41, 5.74) is 0.128. The third-order valence-electron chi connectivity index (χ3n) is 3.31. The molecule has 2 aliphatic rings. The molecule has 2 heteroatoms. The standard InChI is InChI=1S/C11H21NO/c1-10(2)8-9-12-11(13-10)6-4-3-5-7-11/h12H,3-9H2,1-2H3. The first kappa shape index (κ1) is 9.47. The molecule has 1 aliphatic heterocycles. The van der Waals surface area contributed by atoms with E-state index in [4.69, 9.17) is 4.74 Å². The van der Waals surface area contributed by atoms with E-state index in [0.29, 0.717) is 0 Å². The molecule has 0 bridgehead atoms. The zero-order valence-electron chi connectivity index (χ0n) is 8.86. The second-order valence-electron chi connectivity index (χ2n) is 5.09. The molecule has 0 aromatic rings. The second kappa shape index (κ2) is 3.25. The summed E-state index contributed by atoms with van der Waals surface area (Å²) in [6.45, 7) is 5.54. The van der Waals surface area contributed by atoms with Crippen LogP contribution in [0, 0.1) is 0 Å². The quantitative estimate of drug-likeness (QED) is 0.623. The van der Waals surface area contributed by atoms with Gasteiger partial charge < -0.3 is 4.74 Å². The van der Waals surface area contributed by atoms with Gasteiger partial charge in [0.15, 0.2) is 0 Å². The van der Waals surface area contributed by atoms with Gasteiger partial charge in [-0.05, 0) is 46.0 Å². The molecule has 0 unspecified atom stereocenters. The van der Waals surface area contributed by atoms with Gasteiger partial charge in [0.25, 0.3) is 0 Å². The zero-order chi connectivity index (χ0) is 9.36. The zero-order valence-corrected chi connectivity index (χ0v) is 8.86. The molecule has 1 N–H and O–H groups in total. The third kappa shape index (κ3) is 2.05. The maximum atomic E-state index is 6.19. The lowest BCUT2D eigenvalue weighted by Gasteiger charge is -2.48. The van der Waals surface area contributed by atoms with E-state index in [1.807, 2.05) is 0 Å². The highest BCUT2D eigenvalue weighted by molar-refractivity contribution is 4.90. The van der Waals surface area contributed by atoms with Gasteiger partial charge in [0, 0.05) is 6.54 Å². The van der Waals surface area contributed by atoms with Crippen LogP contribution in [-0.2, 0) is 4.74 Å². The van der Waals surface area contributed by atoms with Crippen LogP contribution in [-0.4, -0.2) is 17.9 Å². The van der Waals surface area contributed by atoms with Crippen molar-refractivity contribution >= 4 is 0 Å². The number of hydrogen-bond acceptors (Lipinski definition) is 2. The first-order chi connectivity index (χ1) is 6.12. The fourth-order valence-electron chi connectivity index (χ4n) is 2.61. The van der Waals surface area contributed by atoms with E-state index in [1.165, 1.54) is 32.1 Å². The Balaban J connectivity index is 2.04. The van der Waals surface area contributed by atoms with Crippen molar-refractivity contribution in [3.05, 3.63) is 0 Å². The van der Waals surface area contributed by atoms with Crippen molar-refractivity contribution in [2.75, 3.05) is 6.54 Å². The highest BCUT2D eigenvalue weighted by Gasteiger charge is 2.40. The minimum absolute atomic E-state index is 0.0417. The van der Waals surface area contributed by atoms with Crippen molar-refractivity contribution in [3.8, 4) is 0 Å². The molecule has 0 aromatic heterocycles. The van der Waals surface area contributed by atoms with Crippen molar-refractivity contribution in [1.29, 1.82) is 0 Å². The van der Waals surface area contributed by atoms with Crippen LogP contribution >= 0.6 is 0 Å². The van der Waals surface area contributed by atoms with Gasteiger partial charge in [-0.3, -0.25) is 5.32 Å². The Morgan fingerprint density at radius 3 is 2.31 bits per heavy atom. The molecular weight excluding hydrogens is 162 g/mol. The molecule has 0 radical (unpaired) electrons. The number of hydrogen-bond donors (Lipinski definition) is 1. The van der Waals surface area contributed by atoms with Crippen LogP contribution in [0.25, 0.3) is 0 Å². The minimum atomic E-state index is 0.0417. The van der Waals surface area contributed by atoms with E-state index in [9.17, 15) is 0 Å². The maximum absolute atomic E-state index is 6.19. The van der Waals surface area contributed by atoms with E-state index in [1.54, 1.807) is 0 Å². The van der Waals surface area contributed by atoms with Crippen LogP contribution in [0.1, 0.15) is 52.4 Å². The molecule has 1 saturated heterocycles. The molecule has 1 spiro atoms. The number of rotatable bonds is 0. The highest BCUT2D eigenvalue weighted by Crippen LogP contribution is 2.36. The molecule has 2 nitrogen and oxygen atoms in total. The number of ether oxygens (including phenoxy) is 1. The topological polar surface area (TPSA) is 21.3 Å². The molecule has 1 heterocycles. The maximum Gasteiger partial charge on any atom is 0.119 e. The molecule has 13 heavy (non-hydrogen) atoms. The summed E-state index contributed by atoms with van der Waals surface area (Å²) in [6, 6.07) is 0. The largest absolute Gasteiger partial charge is 0.355 e. The predicted molar refractivity (Wildman–Crippen MR) is 53.6 cm³/mol. The fraction of sp³-hybridized carbons (Fsp3) is 1.00. The van der Waals surface area contributed by atoms with E-state index >= 15 is 0 Å². The lowest BCUT2D eigenvalue weighted by molar-refractivity contribution is -0.198. The van der Waals surface area contributed by atoms with Crippen molar-refractivity contribution in [3.63, 3.8) is 0 Å². The van der Waals surface area contributed by atoms with Crippen LogP contribution in [0.4, 0.5) is 0 Å². The summed E-state index contributed by atoms with van der Waals surface area (Å²) < 4.78 is 6.19. The Morgan fingerprint density at radius 1 is 1.00 bits per heavy atom. The van der Waals surface area contributed by atoms with Crippen LogP contribution in [0.3, 0.4) is 0 Å². The normalized spacial score (nSPS) is 31.8. The lowest BCUT2D eigenvalue weighted by atomic mass is 9.88. The fourth-order valence-corrected chi connectivity index (χ4v) is 2.61. The summed E-state index contributed by atoms with van der Waals surface area (Å²) in [7, 11) is 0. The predicted octanol–water partition coefficient (Wildman–Crippen LogP) is 2.44. The molecule has 2 fully saturated rings. The van der Waals surface area contributed by atoms with Crippen LogP contribution in [0.2, 0.25) is 0 Å². The average molecular weight is 183 g/mol. The van der Waals surface area contributed by atoms with Gasteiger partial charge in [0.2, 0.25) is 0 Å². The first-order valence-electron chi connectivity index (χ1n) is 5.57. The second-order valence-corrected chi connectivity index (χ2v) is 5.09. The molecule has 76 valence electrons. The molecular formula is C11H21NO. The number of nitrogens with one attached hydrogen (secondary N) is 1. The third-order valence-corrected chi connectivity index (χ3v) is 3.31. The summed E-state index contributed by atoms with van der Waals surface area (Å²) >= 11 is 0. The summed E-state index contributed by atoms with van der Waals surface area (Å²) in [4.78, 5) is 0. The van der Waals surface area contributed by atoms with Crippen LogP contribution in [0.5, 0.6) is 0 Å². The molecule has 2 rings (SSSR count). The SMILES string of the molecule is CC1(C)CCNC2(CCCCC2)O1. The van der Waals surface area contributed by atoms with Crippen molar-refractivity contribution in [2.45, 2.75) is 63.7 Å². The lowest BCUT2D eigenvalue weighted by Crippen LogP contribution is -2.58. The monoisotopic (exact) mass is 183 g/mol. The van der Waals surface area contributed by atoms with Gasteiger partial charge in [-0.25, -0.2) is 0 Å². The van der Waals surface area contributed by atoms with Gasteiger partial charge in [0.05, 0.1) is 5.60 Å². The van der Waals surface area contributed by atoms with Crippen LogP contribution < -0.4 is 5.32 Å². The van der Waals surface area contributed by atoms with E-state index in [2.05, 4.69) is 19.2 Å². The van der Waals surface area contributed by atoms with Gasteiger partial charge in [-0.2, -0.15) is 0 Å². The molecule has 1 saturated carbocycles. The Labute approximate surface area is 81.0 Å². The Bertz CT molecular complexity index is 177.